The summed E-state index contributed by atoms with van der Waals surface area (Å²) >= 11 is 0. The summed E-state index contributed by atoms with van der Waals surface area (Å²) in [6.07, 6.45) is 5.09. The molecule has 2 nitrogen and oxygen atoms in total. The van der Waals surface area contributed by atoms with E-state index < -0.39 is 0 Å². The molecule has 0 saturated carbocycles. The molecule has 1 unspecified atom stereocenters. The van der Waals surface area contributed by atoms with E-state index in [1.165, 1.54) is 5.56 Å². The summed E-state index contributed by atoms with van der Waals surface area (Å²) in [4.78, 5) is 11.3. The summed E-state index contributed by atoms with van der Waals surface area (Å²) in [6, 6.07) is 10.6. The minimum absolute atomic E-state index is 0.0640. The summed E-state index contributed by atoms with van der Waals surface area (Å²) in [7, 11) is 0. The Kier molecular flexibility index (Phi) is 4.08. The first-order valence-corrected chi connectivity index (χ1v) is 7.02. The molecule has 1 atom stereocenters. The number of rotatable bonds is 5. The van der Waals surface area contributed by atoms with Crippen molar-refractivity contribution >= 4 is 0 Å². The number of hydrogen-bond donors (Lipinski definition) is 0. The summed E-state index contributed by atoms with van der Waals surface area (Å²) in [6.45, 7) is 6.52. The van der Waals surface area contributed by atoms with Crippen LogP contribution in [0, 0.1) is 0 Å². The monoisotopic (exact) mass is 248 g/mol. The van der Waals surface area contributed by atoms with Crippen LogP contribution in [0.3, 0.4) is 0 Å². The van der Waals surface area contributed by atoms with Gasteiger partial charge in [0.15, 0.2) is 0 Å². The minimum atomic E-state index is -0.137. The zero-order chi connectivity index (χ0) is 13.1. The molecule has 2 rings (SSSR count). The van der Waals surface area contributed by atoms with Crippen molar-refractivity contribution in [2.45, 2.75) is 64.1 Å². The second-order valence-corrected chi connectivity index (χ2v) is 5.67. The van der Waals surface area contributed by atoms with Crippen molar-refractivity contribution in [2.75, 3.05) is 0 Å². The lowest BCUT2D eigenvalue weighted by molar-refractivity contribution is -0.349. The van der Waals surface area contributed by atoms with Crippen molar-refractivity contribution in [2.24, 2.45) is 0 Å². The highest BCUT2D eigenvalue weighted by Crippen LogP contribution is 2.42. The molecule has 1 fully saturated rings. The largest absolute Gasteiger partial charge is 0.230 e. The van der Waals surface area contributed by atoms with Gasteiger partial charge in [-0.15, -0.1) is 0 Å². The first-order chi connectivity index (χ1) is 8.61. The summed E-state index contributed by atoms with van der Waals surface area (Å²) < 4.78 is 0. The van der Waals surface area contributed by atoms with E-state index in [2.05, 4.69) is 51.1 Å². The Hall–Kier alpha value is -0.860. The van der Waals surface area contributed by atoms with Crippen LogP contribution < -0.4 is 0 Å². The average molecular weight is 248 g/mol. The minimum Gasteiger partial charge on any atom is -0.230 e. The maximum atomic E-state index is 5.66. The average Bonchev–Trinajstić information content (AvgIpc) is 2.77. The Labute approximate surface area is 110 Å². The molecule has 1 aliphatic heterocycles. The molecular weight excluding hydrogens is 224 g/mol. The van der Waals surface area contributed by atoms with Crippen molar-refractivity contribution in [1.82, 2.24) is 0 Å². The topological polar surface area (TPSA) is 18.5 Å². The molecule has 0 amide bonds. The fraction of sp³-hybridized carbons (Fsp3) is 0.625. The lowest BCUT2D eigenvalue weighted by Crippen LogP contribution is -2.30. The van der Waals surface area contributed by atoms with Gasteiger partial charge in [0.25, 0.3) is 0 Å². The van der Waals surface area contributed by atoms with Gasteiger partial charge in [0.1, 0.15) is 11.2 Å². The third kappa shape index (κ3) is 2.93. The van der Waals surface area contributed by atoms with Crippen LogP contribution in [0.2, 0.25) is 0 Å². The van der Waals surface area contributed by atoms with Crippen LogP contribution in [0.15, 0.2) is 30.3 Å². The molecule has 1 aliphatic rings. The lowest BCUT2D eigenvalue weighted by Gasteiger charge is -2.24. The Morgan fingerprint density at radius 1 is 1.06 bits per heavy atom. The summed E-state index contributed by atoms with van der Waals surface area (Å²) in [5, 5.41) is 0. The Morgan fingerprint density at radius 3 is 2.28 bits per heavy atom. The molecule has 1 saturated heterocycles. The van der Waals surface area contributed by atoms with Crippen LogP contribution in [0.5, 0.6) is 0 Å². The molecule has 1 heterocycles. The molecule has 0 bridgehead atoms. The van der Waals surface area contributed by atoms with Crippen LogP contribution >= 0.6 is 0 Å². The molecule has 0 aromatic heterocycles. The van der Waals surface area contributed by atoms with E-state index in [9.17, 15) is 0 Å². The van der Waals surface area contributed by atoms with E-state index in [1.807, 2.05) is 0 Å². The zero-order valence-electron chi connectivity index (χ0n) is 11.7. The van der Waals surface area contributed by atoms with Crippen molar-refractivity contribution in [3.8, 4) is 0 Å². The SMILES string of the molecule is CCC1(CC)CC(C)(CCc2ccccc2)OO1. The van der Waals surface area contributed by atoms with Crippen molar-refractivity contribution in [1.29, 1.82) is 0 Å². The van der Waals surface area contributed by atoms with Gasteiger partial charge in [0.05, 0.1) is 0 Å². The van der Waals surface area contributed by atoms with Crippen LogP contribution in [0.25, 0.3) is 0 Å². The molecule has 2 heteroatoms. The van der Waals surface area contributed by atoms with E-state index in [1.54, 1.807) is 0 Å². The van der Waals surface area contributed by atoms with E-state index >= 15 is 0 Å². The van der Waals surface area contributed by atoms with E-state index in [0.29, 0.717) is 0 Å². The second kappa shape index (κ2) is 5.41. The van der Waals surface area contributed by atoms with Gasteiger partial charge in [-0.1, -0.05) is 44.2 Å². The normalized spacial score (nSPS) is 26.4. The number of aryl methyl sites for hydroxylation is 1. The highest BCUT2D eigenvalue weighted by Gasteiger charge is 2.46. The Balaban J connectivity index is 1.94. The van der Waals surface area contributed by atoms with Gasteiger partial charge in [0, 0.05) is 6.42 Å². The van der Waals surface area contributed by atoms with E-state index in [-0.39, 0.29) is 11.2 Å². The predicted octanol–water partition coefficient (Wildman–Crippen LogP) is 4.29. The van der Waals surface area contributed by atoms with Crippen molar-refractivity contribution in [3.63, 3.8) is 0 Å². The standard InChI is InChI=1S/C16H24O2/c1-4-16(5-2)13-15(3,17-18-16)12-11-14-9-7-6-8-10-14/h6-10H,4-5,11-13H2,1-3H3. The molecule has 0 radical (unpaired) electrons. The third-order valence-corrected chi connectivity index (χ3v) is 4.19. The van der Waals surface area contributed by atoms with Gasteiger partial charge >= 0.3 is 0 Å². The van der Waals surface area contributed by atoms with E-state index in [4.69, 9.17) is 9.78 Å². The van der Waals surface area contributed by atoms with Gasteiger partial charge in [-0.05, 0) is 38.2 Å². The van der Waals surface area contributed by atoms with Crippen LogP contribution in [0.1, 0.15) is 52.0 Å². The first kappa shape index (κ1) is 13.6. The summed E-state index contributed by atoms with van der Waals surface area (Å²) in [5.74, 6) is 0. The smallest absolute Gasteiger partial charge is 0.106 e. The molecule has 0 N–H and O–H groups in total. The Bertz CT molecular complexity index is 370. The van der Waals surface area contributed by atoms with Gasteiger partial charge in [0.2, 0.25) is 0 Å². The first-order valence-electron chi connectivity index (χ1n) is 7.02. The maximum absolute atomic E-state index is 5.66. The third-order valence-electron chi connectivity index (χ3n) is 4.19. The van der Waals surface area contributed by atoms with Crippen molar-refractivity contribution in [3.05, 3.63) is 35.9 Å². The van der Waals surface area contributed by atoms with Gasteiger partial charge < -0.3 is 0 Å². The number of benzene rings is 1. The van der Waals surface area contributed by atoms with E-state index in [0.717, 1.165) is 32.1 Å². The molecule has 1 aromatic carbocycles. The van der Waals surface area contributed by atoms with Crippen LogP contribution in [0.4, 0.5) is 0 Å². The van der Waals surface area contributed by atoms with Gasteiger partial charge in [-0.25, -0.2) is 9.78 Å². The molecule has 18 heavy (non-hydrogen) atoms. The van der Waals surface area contributed by atoms with Crippen LogP contribution in [-0.2, 0) is 16.2 Å². The number of hydrogen-bond acceptors (Lipinski definition) is 2. The summed E-state index contributed by atoms with van der Waals surface area (Å²) in [5.41, 5.74) is 1.17. The highest BCUT2D eigenvalue weighted by atomic mass is 17.2. The maximum Gasteiger partial charge on any atom is 0.106 e. The van der Waals surface area contributed by atoms with Gasteiger partial charge in [-0.3, -0.25) is 0 Å². The fourth-order valence-corrected chi connectivity index (χ4v) is 2.73. The lowest BCUT2D eigenvalue weighted by atomic mass is 9.82. The molecule has 1 aromatic rings. The van der Waals surface area contributed by atoms with Crippen molar-refractivity contribution < 1.29 is 9.78 Å². The molecule has 0 spiro atoms. The molecule has 0 aliphatic carbocycles. The zero-order valence-corrected chi connectivity index (χ0v) is 11.7. The predicted molar refractivity (Wildman–Crippen MR) is 73.3 cm³/mol. The highest BCUT2D eigenvalue weighted by molar-refractivity contribution is 5.15. The second-order valence-electron chi connectivity index (χ2n) is 5.67. The fourth-order valence-electron chi connectivity index (χ4n) is 2.73. The van der Waals surface area contributed by atoms with Gasteiger partial charge in [-0.2, -0.15) is 0 Å². The molecule has 100 valence electrons. The quantitative estimate of drug-likeness (QED) is 0.724. The Morgan fingerprint density at radius 2 is 1.72 bits per heavy atom. The van der Waals surface area contributed by atoms with Crippen LogP contribution in [-0.4, -0.2) is 11.2 Å². The molecular formula is C16H24O2.